The van der Waals surface area contributed by atoms with E-state index < -0.39 is 0 Å². The maximum absolute atomic E-state index is 9.84. The highest BCUT2D eigenvalue weighted by molar-refractivity contribution is 5.45. The van der Waals surface area contributed by atoms with E-state index in [2.05, 4.69) is 5.32 Å². The molecule has 0 aromatic heterocycles. The molecule has 0 aliphatic carbocycles. The van der Waals surface area contributed by atoms with Gasteiger partial charge in [0.2, 0.25) is 0 Å². The van der Waals surface area contributed by atoms with Crippen molar-refractivity contribution in [3.8, 4) is 11.5 Å². The molecule has 0 saturated heterocycles. The highest BCUT2D eigenvalue weighted by atomic mass is 16.7. The van der Waals surface area contributed by atoms with Gasteiger partial charge in [-0.15, -0.1) is 0 Å². The molecule has 0 aliphatic heterocycles. The summed E-state index contributed by atoms with van der Waals surface area (Å²) in [6.07, 6.45) is -0.289. The Balaban J connectivity index is 2.52. The predicted molar refractivity (Wildman–Crippen MR) is 64.2 cm³/mol. The van der Waals surface area contributed by atoms with Crippen molar-refractivity contribution in [1.29, 1.82) is 0 Å². The topological polar surface area (TPSA) is 60.0 Å². The summed E-state index contributed by atoms with van der Waals surface area (Å²) < 4.78 is 15.1. The lowest BCUT2D eigenvalue weighted by atomic mass is 10.2. The van der Waals surface area contributed by atoms with Gasteiger partial charge < -0.3 is 24.6 Å². The molecule has 0 heterocycles. The summed E-state index contributed by atoms with van der Waals surface area (Å²) in [7, 11) is 4.69. The molecular weight excluding hydrogens is 222 g/mol. The van der Waals surface area contributed by atoms with E-state index in [4.69, 9.17) is 14.2 Å². The van der Waals surface area contributed by atoms with Crippen LogP contribution in [-0.4, -0.2) is 39.3 Å². The molecule has 1 aromatic rings. The molecule has 0 radical (unpaired) electrons. The fourth-order valence-corrected chi connectivity index (χ4v) is 1.46. The molecule has 0 spiro atoms. The molecule has 0 bridgehead atoms. The van der Waals surface area contributed by atoms with Crippen LogP contribution in [0.15, 0.2) is 18.2 Å². The van der Waals surface area contributed by atoms with Crippen LogP contribution in [0.25, 0.3) is 0 Å². The van der Waals surface area contributed by atoms with Crippen molar-refractivity contribution in [1.82, 2.24) is 5.32 Å². The molecule has 0 atom stereocenters. The van der Waals surface area contributed by atoms with E-state index in [0.29, 0.717) is 18.8 Å². The average molecular weight is 241 g/mol. The molecule has 96 valence electrons. The average Bonchev–Trinajstić information content (AvgIpc) is 2.36. The Morgan fingerprint density at radius 2 is 1.94 bits per heavy atom. The van der Waals surface area contributed by atoms with E-state index in [1.165, 1.54) is 7.11 Å². The summed E-state index contributed by atoms with van der Waals surface area (Å²) in [6.45, 7) is 1.07. The van der Waals surface area contributed by atoms with Crippen LogP contribution in [0, 0.1) is 0 Å². The molecule has 5 nitrogen and oxygen atoms in total. The van der Waals surface area contributed by atoms with Crippen LogP contribution in [0.5, 0.6) is 11.5 Å². The third-order valence-corrected chi connectivity index (χ3v) is 2.45. The van der Waals surface area contributed by atoms with Crippen molar-refractivity contribution in [2.24, 2.45) is 0 Å². The second-order valence-electron chi connectivity index (χ2n) is 3.50. The third kappa shape index (κ3) is 3.89. The summed E-state index contributed by atoms with van der Waals surface area (Å²) in [5.74, 6) is 0.633. The fraction of sp³-hybridized carbons (Fsp3) is 0.500. The van der Waals surface area contributed by atoms with Gasteiger partial charge in [-0.1, -0.05) is 12.1 Å². The first-order valence-corrected chi connectivity index (χ1v) is 5.34. The van der Waals surface area contributed by atoms with Crippen LogP contribution in [0.2, 0.25) is 0 Å². The minimum Gasteiger partial charge on any atom is -0.504 e. The minimum absolute atomic E-state index is 0.161. The summed E-state index contributed by atoms with van der Waals surface area (Å²) in [4.78, 5) is 0. The highest BCUT2D eigenvalue weighted by Gasteiger charge is 2.08. The summed E-state index contributed by atoms with van der Waals surface area (Å²) >= 11 is 0. The zero-order chi connectivity index (χ0) is 12.7. The molecule has 1 aromatic carbocycles. The SMILES string of the molecule is COc1cccc(CNCC(OC)OC)c1O. The van der Waals surface area contributed by atoms with Crippen LogP contribution in [0.4, 0.5) is 0 Å². The van der Waals surface area contributed by atoms with Gasteiger partial charge in [0.15, 0.2) is 17.8 Å². The maximum atomic E-state index is 9.84. The Hall–Kier alpha value is -1.30. The van der Waals surface area contributed by atoms with Crippen molar-refractivity contribution < 1.29 is 19.3 Å². The minimum atomic E-state index is -0.289. The molecular formula is C12H19NO4. The van der Waals surface area contributed by atoms with Crippen LogP contribution in [-0.2, 0) is 16.0 Å². The molecule has 0 fully saturated rings. The molecule has 0 amide bonds. The summed E-state index contributed by atoms with van der Waals surface area (Å²) in [6, 6.07) is 5.38. The number of ether oxygens (including phenoxy) is 3. The third-order valence-electron chi connectivity index (χ3n) is 2.45. The first kappa shape index (κ1) is 13.8. The molecule has 5 heteroatoms. The molecule has 0 unspecified atom stereocenters. The lowest BCUT2D eigenvalue weighted by Gasteiger charge is -2.15. The first-order chi connectivity index (χ1) is 8.22. The number of methoxy groups -OCH3 is 3. The molecule has 0 saturated carbocycles. The Morgan fingerprint density at radius 3 is 2.53 bits per heavy atom. The second-order valence-corrected chi connectivity index (χ2v) is 3.50. The van der Waals surface area contributed by atoms with Crippen molar-refractivity contribution in [3.63, 3.8) is 0 Å². The van der Waals surface area contributed by atoms with E-state index in [-0.39, 0.29) is 12.0 Å². The number of benzene rings is 1. The van der Waals surface area contributed by atoms with Crippen LogP contribution >= 0.6 is 0 Å². The maximum Gasteiger partial charge on any atom is 0.169 e. The number of hydrogen-bond acceptors (Lipinski definition) is 5. The molecule has 0 aliphatic rings. The van der Waals surface area contributed by atoms with Gasteiger partial charge in [-0.2, -0.15) is 0 Å². The Morgan fingerprint density at radius 1 is 1.24 bits per heavy atom. The predicted octanol–water partition coefficient (Wildman–Crippen LogP) is 1.11. The Kier molecular flexibility index (Phi) is 5.76. The van der Waals surface area contributed by atoms with Crippen LogP contribution < -0.4 is 10.1 Å². The zero-order valence-corrected chi connectivity index (χ0v) is 10.4. The van der Waals surface area contributed by atoms with E-state index in [9.17, 15) is 5.11 Å². The number of rotatable bonds is 7. The van der Waals surface area contributed by atoms with E-state index >= 15 is 0 Å². The zero-order valence-electron chi connectivity index (χ0n) is 10.4. The van der Waals surface area contributed by atoms with Crippen molar-refractivity contribution >= 4 is 0 Å². The number of phenols is 1. The van der Waals surface area contributed by atoms with E-state index in [1.807, 2.05) is 12.1 Å². The first-order valence-electron chi connectivity index (χ1n) is 5.34. The molecule has 1 rings (SSSR count). The van der Waals surface area contributed by atoms with Gasteiger partial charge in [-0.3, -0.25) is 0 Å². The number of aromatic hydroxyl groups is 1. The van der Waals surface area contributed by atoms with E-state index in [1.54, 1.807) is 20.3 Å². The quantitative estimate of drug-likeness (QED) is 0.700. The number of nitrogens with one attached hydrogen (secondary N) is 1. The molecule has 17 heavy (non-hydrogen) atoms. The lowest BCUT2D eigenvalue weighted by Crippen LogP contribution is -2.29. The van der Waals surface area contributed by atoms with Gasteiger partial charge in [0, 0.05) is 32.9 Å². The monoisotopic (exact) mass is 241 g/mol. The Labute approximate surface area is 101 Å². The smallest absolute Gasteiger partial charge is 0.169 e. The van der Waals surface area contributed by atoms with Crippen molar-refractivity contribution in [3.05, 3.63) is 23.8 Å². The largest absolute Gasteiger partial charge is 0.504 e. The van der Waals surface area contributed by atoms with Gasteiger partial charge in [-0.25, -0.2) is 0 Å². The summed E-state index contributed by atoms with van der Waals surface area (Å²) in [5.41, 5.74) is 0.773. The van der Waals surface area contributed by atoms with Crippen molar-refractivity contribution in [2.75, 3.05) is 27.9 Å². The second kappa shape index (κ2) is 7.11. The molecule has 2 N–H and O–H groups in total. The normalized spacial score (nSPS) is 10.8. The van der Waals surface area contributed by atoms with Crippen molar-refractivity contribution in [2.45, 2.75) is 12.8 Å². The lowest BCUT2D eigenvalue weighted by molar-refractivity contribution is -0.0989. The van der Waals surface area contributed by atoms with Crippen LogP contribution in [0.1, 0.15) is 5.56 Å². The highest BCUT2D eigenvalue weighted by Crippen LogP contribution is 2.28. The Bertz CT molecular complexity index is 339. The van der Waals surface area contributed by atoms with Gasteiger partial charge >= 0.3 is 0 Å². The van der Waals surface area contributed by atoms with Gasteiger partial charge in [0.25, 0.3) is 0 Å². The number of para-hydroxylation sites is 1. The number of hydrogen-bond donors (Lipinski definition) is 2. The van der Waals surface area contributed by atoms with Crippen LogP contribution in [0.3, 0.4) is 0 Å². The fourth-order valence-electron chi connectivity index (χ4n) is 1.46. The van der Waals surface area contributed by atoms with Gasteiger partial charge in [0.1, 0.15) is 0 Å². The van der Waals surface area contributed by atoms with Gasteiger partial charge in [0.05, 0.1) is 7.11 Å². The number of phenolic OH excluding ortho intramolecular Hbond substituents is 1. The van der Waals surface area contributed by atoms with E-state index in [0.717, 1.165) is 5.56 Å². The van der Waals surface area contributed by atoms with Gasteiger partial charge in [-0.05, 0) is 6.07 Å². The summed E-state index contributed by atoms with van der Waals surface area (Å²) in [5, 5.41) is 13.0. The standard InChI is InChI=1S/C12H19NO4/c1-15-10-6-4-5-9(12(10)14)7-13-8-11(16-2)17-3/h4-6,11,13-14H,7-8H2,1-3H3.